The maximum Gasteiger partial charge on any atom is 0.237 e. The lowest BCUT2D eigenvalue weighted by Crippen LogP contribution is -2.49. The Labute approximate surface area is 98.4 Å². The van der Waals surface area contributed by atoms with Crippen LogP contribution in [0, 0.1) is 17.8 Å². The van der Waals surface area contributed by atoms with Crippen molar-refractivity contribution in [2.45, 2.75) is 52.1 Å². The predicted molar refractivity (Wildman–Crippen MR) is 65.9 cm³/mol. The number of hydrogen-bond acceptors (Lipinski definition) is 2. The zero-order chi connectivity index (χ0) is 12.2. The second kappa shape index (κ2) is 5.36. The van der Waals surface area contributed by atoms with E-state index in [9.17, 15) is 4.79 Å². The average Bonchev–Trinajstić information content (AvgIpc) is 2.54. The molecule has 1 fully saturated rings. The molecule has 3 nitrogen and oxygen atoms in total. The summed E-state index contributed by atoms with van der Waals surface area (Å²) in [5, 5.41) is 6.09. The van der Waals surface area contributed by atoms with Crippen molar-refractivity contribution in [2.24, 2.45) is 5.41 Å². The van der Waals surface area contributed by atoms with Crippen LogP contribution in [-0.4, -0.2) is 24.5 Å². The van der Waals surface area contributed by atoms with Gasteiger partial charge in [0.05, 0.1) is 12.6 Å². The Bertz CT molecular complexity index is 291. The van der Waals surface area contributed by atoms with Gasteiger partial charge in [-0.3, -0.25) is 4.79 Å². The monoisotopic (exact) mass is 222 g/mol. The van der Waals surface area contributed by atoms with Gasteiger partial charge in [-0.25, -0.2) is 0 Å². The number of terminal acetylenes is 1. The Balaban J connectivity index is 2.42. The molecule has 1 amide bonds. The molecule has 1 aliphatic rings. The summed E-state index contributed by atoms with van der Waals surface area (Å²) in [6, 6.07) is 0.259. The van der Waals surface area contributed by atoms with Gasteiger partial charge >= 0.3 is 0 Å². The first-order valence-corrected chi connectivity index (χ1v) is 5.94. The predicted octanol–water partition coefficient (Wildman–Crippen LogP) is 1.29. The molecule has 0 aromatic heterocycles. The summed E-state index contributed by atoms with van der Waals surface area (Å²) < 4.78 is 0. The summed E-state index contributed by atoms with van der Waals surface area (Å²) in [5.74, 6) is 2.39. The minimum Gasteiger partial charge on any atom is -0.344 e. The second-order valence-corrected chi connectivity index (χ2v) is 5.24. The number of hydrogen-bond donors (Lipinski definition) is 2. The summed E-state index contributed by atoms with van der Waals surface area (Å²) in [6.07, 6.45) is 8.72. The number of rotatable bonds is 4. The Hall–Kier alpha value is -1.01. The van der Waals surface area contributed by atoms with Gasteiger partial charge in [-0.15, -0.1) is 6.42 Å². The molecule has 0 aliphatic heterocycles. The molecule has 1 saturated carbocycles. The van der Waals surface area contributed by atoms with Crippen molar-refractivity contribution < 1.29 is 4.79 Å². The van der Waals surface area contributed by atoms with Crippen molar-refractivity contribution in [3.05, 3.63) is 0 Å². The highest BCUT2D eigenvalue weighted by Crippen LogP contribution is 2.37. The van der Waals surface area contributed by atoms with E-state index in [0.717, 1.165) is 6.42 Å². The number of carbonyl (C=O) groups excluding carboxylic acids is 1. The Morgan fingerprint density at radius 1 is 1.62 bits per heavy atom. The zero-order valence-corrected chi connectivity index (χ0v) is 10.5. The van der Waals surface area contributed by atoms with Crippen molar-refractivity contribution in [3.63, 3.8) is 0 Å². The van der Waals surface area contributed by atoms with Gasteiger partial charge < -0.3 is 10.6 Å². The van der Waals surface area contributed by atoms with Crippen molar-refractivity contribution in [1.29, 1.82) is 0 Å². The average molecular weight is 222 g/mol. The SMILES string of the molecule is C#CCNC(=O)C(C)NC1CCCC1(C)C. The maximum absolute atomic E-state index is 11.6. The minimum atomic E-state index is -0.171. The third kappa shape index (κ3) is 3.24. The van der Waals surface area contributed by atoms with Crippen LogP contribution in [0.25, 0.3) is 0 Å². The van der Waals surface area contributed by atoms with Gasteiger partial charge in [0.1, 0.15) is 0 Å². The van der Waals surface area contributed by atoms with E-state index in [1.807, 2.05) is 6.92 Å². The molecule has 2 N–H and O–H groups in total. The van der Waals surface area contributed by atoms with E-state index in [1.54, 1.807) is 0 Å². The van der Waals surface area contributed by atoms with Gasteiger partial charge in [0.2, 0.25) is 5.91 Å². The zero-order valence-electron chi connectivity index (χ0n) is 10.5. The number of amides is 1. The van der Waals surface area contributed by atoms with Crippen LogP contribution in [0.4, 0.5) is 0 Å². The Morgan fingerprint density at radius 2 is 2.31 bits per heavy atom. The molecule has 0 radical (unpaired) electrons. The van der Waals surface area contributed by atoms with Crippen molar-refractivity contribution in [3.8, 4) is 12.3 Å². The molecule has 0 spiro atoms. The van der Waals surface area contributed by atoms with Gasteiger partial charge in [-0.1, -0.05) is 26.2 Å². The molecule has 16 heavy (non-hydrogen) atoms. The van der Waals surface area contributed by atoms with Gasteiger partial charge in [0.15, 0.2) is 0 Å². The quantitative estimate of drug-likeness (QED) is 0.704. The van der Waals surface area contributed by atoms with Gasteiger partial charge in [-0.05, 0) is 25.2 Å². The van der Waals surface area contributed by atoms with Crippen LogP contribution in [0.1, 0.15) is 40.0 Å². The molecular weight excluding hydrogens is 200 g/mol. The molecule has 2 atom stereocenters. The van der Waals surface area contributed by atoms with Gasteiger partial charge in [-0.2, -0.15) is 0 Å². The molecule has 90 valence electrons. The number of carbonyl (C=O) groups is 1. The van der Waals surface area contributed by atoms with E-state index in [-0.39, 0.29) is 11.9 Å². The Morgan fingerprint density at radius 3 is 2.81 bits per heavy atom. The maximum atomic E-state index is 11.6. The van der Waals surface area contributed by atoms with E-state index in [0.29, 0.717) is 18.0 Å². The van der Waals surface area contributed by atoms with E-state index >= 15 is 0 Å². The van der Waals surface area contributed by atoms with E-state index < -0.39 is 0 Å². The fourth-order valence-corrected chi connectivity index (χ4v) is 2.30. The lowest BCUT2D eigenvalue weighted by Gasteiger charge is -2.30. The summed E-state index contributed by atoms with van der Waals surface area (Å²) >= 11 is 0. The lowest BCUT2D eigenvalue weighted by atomic mass is 9.87. The standard InChI is InChI=1S/C13H22N2O/c1-5-9-14-12(16)10(2)15-11-7-6-8-13(11,3)4/h1,10-11,15H,6-9H2,2-4H3,(H,14,16). The van der Waals surface area contributed by atoms with Crippen LogP contribution < -0.4 is 10.6 Å². The molecule has 0 saturated heterocycles. The first kappa shape index (κ1) is 13.1. The summed E-state index contributed by atoms with van der Waals surface area (Å²) in [4.78, 5) is 11.6. The van der Waals surface area contributed by atoms with Gasteiger partial charge in [0.25, 0.3) is 0 Å². The summed E-state index contributed by atoms with van der Waals surface area (Å²) in [5.41, 5.74) is 0.292. The third-order valence-corrected chi connectivity index (χ3v) is 3.47. The molecule has 0 bridgehead atoms. The molecule has 2 unspecified atom stereocenters. The van der Waals surface area contributed by atoms with Crippen LogP contribution >= 0.6 is 0 Å². The van der Waals surface area contributed by atoms with Crippen LogP contribution in [0.3, 0.4) is 0 Å². The summed E-state index contributed by atoms with van der Waals surface area (Å²) in [6.45, 7) is 6.70. The molecule has 1 aliphatic carbocycles. The molecule has 1 rings (SSSR count). The highest BCUT2D eigenvalue weighted by molar-refractivity contribution is 5.81. The fraction of sp³-hybridized carbons (Fsp3) is 0.769. The molecular formula is C13H22N2O. The molecule has 3 heteroatoms. The van der Waals surface area contributed by atoms with Crippen LogP contribution in [0.2, 0.25) is 0 Å². The van der Waals surface area contributed by atoms with Crippen LogP contribution in [-0.2, 0) is 4.79 Å². The van der Waals surface area contributed by atoms with Crippen molar-refractivity contribution >= 4 is 5.91 Å². The number of nitrogens with one attached hydrogen (secondary N) is 2. The normalized spacial score (nSPS) is 24.8. The topological polar surface area (TPSA) is 41.1 Å². The second-order valence-electron chi connectivity index (χ2n) is 5.24. The lowest BCUT2D eigenvalue weighted by molar-refractivity contribution is -0.122. The highest BCUT2D eigenvalue weighted by atomic mass is 16.2. The molecule has 0 heterocycles. The fourth-order valence-electron chi connectivity index (χ4n) is 2.30. The minimum absolute atomic E-state index is 0.0133. The highest BCUT2D eigenvalue weighted by Gasteiger charge is 2.35. The van der Waals surface area contributed by atoms with Crippen LogP contribution in [0.5, 0.6) is 0 Å². The van der Waals surface area contributed by atoms with Crippen LogP contribution in [0.15, 0.2) is 0 Å². The third-order valence-electron chi connectivity index (χ3n) is 3.47. The Kier molecular flexibility index (Phi) is 4.37. The smallest absolute Gasteiger partial charge is 0.237 e. The van der Waals surface area contributed by atoms with Crippen molar-refractivity contribution in [1.82, 2.24) is 10.6 Å². The first-order valence-electron chi connectivity index (χ1n) is 5.94. The first-order chi connectivity index (χ1) is 7.47. The molecule has 0 aromatic carbocycles. The van der Waals surface area contributed by atoms with Gasteiger partial charge in [0, 0.05) is 6.04 Å². The molecule has 0 aromatic rings. The largest absolute Gasteiger partial charge is 0.344 e. The summed E-state index contributed by atoms with van der Waals surface area (Å²) in [7, 11) is 0. The van der Waals surface area contributed by atoms with E-state index in [4.69, 9.17) is 6.42 Å². The van der Waals surface area contributed by atoms with Crippen molar-refractivity contribution in [2.75, 3.05) is 6.54 Å². The van der Waals surface area contributed by atoms with E-state index in [1.165, 1.54) is 12.8 Å². The van der Waals surface area contributed by atoms with E-state index in [2.05, 4.69) is 30.4 Å².